The molecule has 0 saturated carbocycles. The molecule has 0 aliphatic carbocycles. The summed E-state index contributed by atoms with van der Waals surface area (Å²) < 4.78 is 267. The molecule has 0 amide bonds. The zero-order valence-electron chi connectivity index (χ0n) is 49.0. The third-order valence-corrected chi connectivity index (χ3v) is 20.4. The Morgan fingerprint density at radius 1 is 0.247 bits per heavy atom. The van der Waals surface area contributed by atoms with Crippen LogP contribution in [0.1, 0.15) is 0 Å². The normalized spacial score (nSPS) is 21.2. The molecular weight excluding hydrogens is 1630 g/mol. The van der Waals surface area contributed by atoms with E-state index in [4.69, 9.17) is 9.79 Å². The Morgan fingerprint density at radius 3 is 0.495 bits per heavy atom. The fourth-order valence-electron chi connectivity index (χ4n) is 4.91. The van der Waals surface area contributed by atoms with Crippen LogP contribution in [-0.2, 0) is 168 Å². The van der Waals surface area contributed by atoms with Crippen LogP contribution in [0.15, 0.2) is 0 Å². The topological polar surface area (TPSA) is 808 Å². The SMILES string of the molecule is CNCC(COP(=O)([O-])O)COP(=O)([O-])OCCOP(=O)([O-])OCCOP(=O)([O-])OCCOP(=O)([O-])OCCOP(=O)([O-])OCCOP(=O)([O-])OCCOP(=O)([O-])OCCOP(=O)([O-])OCCOP(=O)([O-])OCCOP(=O)([O-])OCCOP(=O)([O-])OCC(CNF)COP(=O)([O-])O. The second kappa shape index (κ2) is 47.8. The molecule has 0 spiro atoms. The number of hydrogen-bond acceptors (Lipinski definition) is 52. The van der Waals surface area contributed by atoms with Crippen molar-refractivity contribution in [3.05, 3.63) is 0 Å². The number of halogens is 1. The van der Waals surface area contributed by atoms with Crippen molar-refractivity contribution >= 4 is 102 Å². The first-order valence-corrected chi connectivity index (χ1v) is 44.4. The number of phosphoric acid groups is 13. The van der Waals surface area contributed by atoms with E-state index in [9.17, 15) is 127 Å². The maximum Gasteiger partial charge on any atom is 0.268 e. The molecule has 0 aromatic heterocycles. The fraction of sp³-hybridized carbons (Fsp3) is 1.00. The minimum atomic E-state index is -5.35. The predicted molar refractivity (Wildman–Crippen MR) is 276 cm³/mol. The van der Waals surface area contributed by atoms with Crippen LogP contribution in [-0.4, -0.2) is 188 Å². The van der Waals surface area contributed by atoms with Gasteiger partial charge in [-0.1, -0.05) is 0 Å². The zero-order chi connectivity index (χ0) is 74.4. The maximum atomic E-state index is 12.4. The van der Waals surface area contributed by atoms with Crippen molar-refractivity contribution in [2.45, 2.75) is 0 Å². The van der Waals surface area contributed by atoms with Crippen LogP contribution in [0.4, 0.5) is 4.48 Å². The van der Waals surface area contributed by atoms with Crippen LogP contribution in [0.3, 0.4) is 0 Å². The molecule has 15 atom stereocenters. The van der Waals surface area contributed by atoms with Gasteiger partial charge in [-0.05, 0) is 7.05 Å². The number of hydrogen-bond donors (Lipinski definition) is 4. The average molecular weight is 1690 g/mol. The molecule has 4 N–H and O–H groups in total. The molecule has 0 fully saturated rings. The molecule has 54 nitrogen and oxygen atoms in total. The van der Waals surface area contributed by atoms with E-state index >= 15 is 0 Å². The van der Waals surface area contributed by atoms with Gasteiger partial charge in [0.25, 0.3) is 102 Å². The second-order valence-electron chi connectivity index (χ2n) is 16.3. The number of rotatable bonds is 66. The fourth-order valence-corrected chi connectivity index (χ4v) is 13.3. The van der Waals surface area contributed by atoms with Gasteiger partial charge >= 0.3 is 0 Å². The summed E-state index contributed by atoms with van der Waals surface area (Å²) in [4.78, 5) is 169. The Kier molecular flexibility index (Phi) is 48.5. The molecule has 97 heavy (non-hydrogen) atoms. The lowest BCUT2D eigenvalue weighted by Crippen LogP contribution is -2.28. The molecule has 0 aliphatic rings. The second-order valence-corrected chi connectivity index (χ2v) is 34.2. The number of nitrogens with one attached hydrogen (secondary N) is 2. The molecule has 0 aromatic rings. The Balaban J connectivity index is 4.32. The molecule has 68 heteroatoms. The van der Waals surface area contributed by atoms with Crippen molar-refractivity contribution in [2.24, 2.45) is 11.8 Å². The summed E-state index contributed by atoms with van der Waals surface area (Å²) in [6.07, 6.45) is 0. The molecule has 0 aliphatic heterocycles. The van der Waals surface area contributed by atoms with Crippen molar-refractivity contribution in [1.82, 2.24) is 10.9 Å². The third kappa shape index (κ3) is 60.0. The highest BCUT2D eigenvalue weighted by Crippen LogP contribution is 2.48. The van der Waals surface area contributed by atoms with E-state index in [2.05, 4.69) is 114 Å². The highest BCUT2D eigenvalue weighted by Gasteiger charge is 2.23. The van der Waals surface area contributed by atoms with Crippen molar-refractivity contribution in [3.8, 4) is 0 Å². The molecule has 584 valence electrons. The van der Waals surface area contributed by atoms with Crippen LogP contribution in [0, 0.1) is 11.8 Å². The van der Waals surface area contributed by atoms with Gasteiger partial charge in [0.2, 0.25) is 0 Å². The largest absolute Gasteiger partial charge is 0.756 e. The minimum Gasteiger partial charge on any atom is -0.756 e. The van der Waals surface area contributed by atoms with Gasteiger partial charge in [-0.2, -0.15) is 5.54 Å². The first kappa shape index (κ1) is 98.3. The van der Waals surface area contributed by atoms with Gasteiger partial charge in [-0.15, -0.1) is 4.48 Å². The Labute approximate surface area is 547 Å². The van der Waals surface area contributed by atoms with E-state index in [1.165, 1.54) is 7.05 Å². The van der Waals surface area contributed by atoms with E-state index in [-0.39, 0.29) is 6.54 Å². The molecule has 0 bridgehead atoms. The lowest BCUT2D eigenvalue weighted by molar-refractivity contribution is -0.239. The quantitative estimate of drug-likeness (QED) is 0.0250. The van der Waals surface area contributed by atoms with Crippen LogP contribution >= 0.6 is 102 Å². The van der Waals surface area contributed by atoms with Crippen molar-refractivity contribution in [2.75, 3.05) is 179 Å². The third-order valence-electron chi connectivity index (χ3n) is 8.56. The Hall–Kier alpha value is 1.28. The van der Waals surface area contributed by atoms with Crippen LogP contribution < -0.4 is 74.5 Å². The maximum absolute atomic E-state index is 12.4. The van der Waals surface area contributed by atoms with Gasteiger partial charge in [0.05, 0.1) is 159 Å². The Bertz CT molecular complexity index is 2720. The molecule has 15 unspecified atom stereocenters. The first-order valence-electron chi connectivity index (χ1n) is 25.3. The van der Waals surface area contributed by atoms with Crippen LogP contribution in [0.5, 0.6) is 0 Å². The highest BCUT2D eigenvalue weighted by molar-refractivity contribution is 7.49. The predicted octanol–water partition coefficient (Wildman–Crippen LogP) is -7.62. The molecular formula is C29H61FN2O52P13-13. The molecule has 0 rings (SSSR count). The molecule has 0 saturated heterocycles. The number of phosphoric ester groups is 13. The van der Waals surface area contributed by atoms with Crippen molar-refractivity contribution in [3.63, 3.8) is 0 Å². The van der Waals surface area contributed by atoms with E-state index in [0.29, 0.717) is 0 Å². The monoisotopic (exact) mass is 1690 g/mol. The standard InChI is InChI=1S/C29H74FN2O52P13/c1-31-22-28(24-81-85(33,34)35)26-83-96(57,58)79-20-18-77-94(53,54)75-16-14-73-92(49,50)71-12-10-69-90(45,46)67-8-6-65-88(41,42)63-4-2-61-87(39,40)62-3-5-64-89(43,44)66-7-9-68-91(47,48)70-11-13-72-93(51,52)74-15-17-76-95(55,56)78-19-21-80-97(59,60)84-27-29(23-32-30)25-82-86(36,37)38/h28-29,31-32H,2-27H2,1H3,(H,39,40)(H,41,42)(H,43,44)(H,45,46)(H,47,48)(H,49,50)(H,51,52)(H,53,54)(H,55,56)(H,57,58)(H,59,60)(H2,33,34,35)(H2,36,37,38)/p-13. The summed E-state index contributed by atoms with van der Waals surface area (Å²) in [6, 6.07) is 0. The van der Waals surface area contributed by atoms with E-state index < -0.39 is 279 Å². The van der Waals surface area contributed by atoms with Gasteiger partial charge in [-0.3, -0.25) is 59.3 Å². The summed E-state index contributed by atoms with van der Waals surface area (Å²) in [5.41, 5.74) is 1.08. The van der Waals surface area contributed by atoms with E-state index in [1.807, 2.05) is 0 Å². The van der Waals surface area contributed by atoms with Crippen molar-refractivity contribution < 1.29 is 246 Å². The zero-order valence-corrected chi connectivity index (χ0v) is 60.7. The lowest BCUT2D eigenvalue weighted by atomic mass is 10.2. The van der Waals surface area contributed by atoms with Gasteiger partial charge in [-0.25, -0.2) is 0 Å². The summed E-state index contributed by atoms with van der Waals surface area (Å²) in [7, 11) is -67.2. The summed E-state index contributed by atoms with van der Waals surface area (Å²) >= 11 is 0. The van der Waals surface area contributed by atoms with Gasteiger partial charge < -0.3 is 187 Å². The minimum absolute atomic E-state index is 0.0463. The van der Waals surface area contributed by atoms with Crippen LogP contribution in [0.25, 0.3) is 0 Å². The van der Waals surface area contributed by atoms with Crippen molar-refractivity contribution in [1.29, 1.82) is 0 Å². The summed E-state index contributed by atoms with van der Waals surface area (Å²) in [5.74, 6) is -2.24. The van der Waals surface area contributed by atoms with Gasteiger partial charge in [0, 0.05) is 24.9 Å². The average Bonchev–Trinajstić information content (AvgIpc) is 1.43. The summed E-state index contributed by atoms with van der Waals surface area (Å²) in [5, 5.41) is 2.58. The van der Waals surface area contributed by atoms with Crippen LogP contribution in [0.2, 0.25) is 0 Å². The molecule has 0 aromatic carbocycles. The summed E-state index contributed by atoms with van der Waals surface area (Å²) in [6.45, 7) is -25.4. The molecule has 0 radical (unpaired) electrons. The van der Waals surface area contributed by atoms with E-state index in [1.54, 1.807) is 0 Å². The van der Waals surface area contributed by atoms with Gasteiger partial charge in [0.15, 0.2) is 0 Å². The van der Waals surface area contributed by atoms with Gasteiger partial charge in [0.1, 0.15) is 0 Å². The lowest BCUT2D eigenvalue weighted by Gasteiger charge is -2.28. The highest BCUT2D eigenvalue weighted by atomic mass is 31.2. The first-order chi connectivity index (χ1) is 44.3. The Morgan fingerprint density at radius 2 is 0.371 bits per heavy atom. The van der Waals surface area contributed by atoms with E-state index in [0.717, 1.165) is 5.54 Å². The molecule has 0 heterocycles. The smallest absolute Gasteiger partial charge is 0.268 e.